The Balaban J connectivity index is 0.723. The van der Waals surface area contributed by atoms with Crippen molar-refractivity contribution in [2.45, 2.75) is 216 Å². The van der Waals surface area contributed by atoms with Crippen LogP contribution in [-0.4, -0.2) is 104 Å². The van der Waals surface area contributed by atoms with Crippen molar-refractivity contribution in [2.75, 3.05) is 46.2 Å². The van der Waals surface area contributed by atoms with E-state index in [1.54, 1.807) is 24.3 Å². The standard InChI is InChI=1S/C81H108N6O8/c1-10-11-12-13-14-15-16-19-23-26-29-44-92-54-67(55-95-66-36-42-73(75(90)51-66)81-86-78(70-39-33-58(4)48-62(70)8)83-79(87-81)71-40-34-59(5)49-63(71)9)93-45-30-27-24-21-18-17-20-22-25-28-43-91-52-64(88)53-94-65-35-41-72(74(89)50-65)80-84-76(68-37-31-56(2)46-60(68)6)82-77(85-80)69-38-32-57(3)47-61(69)7/h31-42,46,48-51,61,64,67,88-90H,10-30,43-45,47,52-55H2,1-9H3. The number of hydrogen-bond donors (Lipinski definition) is 3. The molecule has 2 aromatic heterocycles. The van der Waals surface area contributed by atoms with Gasteiger partial charge in [0.2, 0.25) is 0 Å². The number of aliphatic hydroxyl groups excluding tert-OH is 1. The quantitative estimate of drug-likeness (QED) is 0.0307. The van der Waals surface area contributed by atoms with Crippen LogP contribution in [0, 0.1) is 47.5 Å². The van der Waals surface area contributed by atoms with E-state index < -0.39 is 6.10 Å². The minimum absolute atomic E-state index is 0.0207. The van der Waals surface area contributed by atoms with Gasteiger partial charge >= 0.3 is 0 Å². The first kappa shape index (κ1) is 73.4. The zero-order valence-electron chi connectivity index (χ0n) is 58.6. The summed E-state index contributed by atoms with van der Waals surface area (Å²) in [5.41, 5.74) is 12.7. The third-order valence-electron chi connectivity index (χ3n) is 17.9. The van der Waals surface area contributed by atoms with Gasteiger partial charge in [0.15, 0.2) is 34.9 Å². The van der Waals surface area contributed by atoms with Crippen LogP contribution in [0.4, 0.5) is 0 Å². The van der Waals surface area contributed by atoms with Gasteiger partial charge < -0.3 is 39.0 Å². The average Bonchev–Trinajstić information content (AvgIpc) is 0.811. The number of aromatic nitrogens is 6. The van der Waals surface area contributed by atoms with E-state index in [0.29, 0.717) is 90.6 Å². The van der Waals surface area contributed by atoms with E-state index >= 15 is 0 Å². The fraction of sp³-hybridized carbons (Fsp3) is 0.506. The molecule has 510 valence electrons. The molecular weight excluding hydrogens is 1180 g/mol. The maximum Gasteiger partial charge on any atom is 0.167 e. The number of allylic oxidation sites excluding steroid dienone is 4. The van der Waals surface area contributed by atoms with E-state index in [2.05, 4.69) is 123 Å². The minimum Gasteiger partial charge on any atom is -0.507 e. The molecule has 2 heterocycles. The first-order chi connectivity index (χ1) is 46.1. The topological polar surface area (TPSA) is 184 Å². The smallest absolute Gasteiger partial charge is 0.167 e. The van der Waals surface area contributed by atoms with Crippen LogP contribution < -0.4 is 9.47 Å². The van der Waals surface area contributed by atoms with E-state index in [9.17, 15) is 15.3 Å². The molecule has 0 spiro atoms. The number of phenolic OH excluding ortho intramolecular Hbond substituents is 2. The molecule has 0 aliphatic heterocycles. The zero-order chi connectivity index (χ0) is 67.3. The Hall–Kier alpha value is -7.36. The maximum absolute atomic E-state index is 11.6. The van der Waals surface area contributed by atoms with Gasteiger partial charge in [-0.05, 0) is 121 Å². The molecule has 5 aromatic carbocycles. The number of unbranched alkanes of at least 4 members (excludes halogenated alkanes) is 19. The summed E-state index contributed by atoms with van der Waals surface area (Å²) in [6.45, 7) is 21.9. The van der Waals surface area contributed by atoms with E-state index in [1.807, 2.05) is 18.2 Å². The Bertz CT molecular complexity index is 3510. The lowest BCUT2D eigenvalue weighted by Crippen LogP contribution is -2.28. The Labute approximate surface area is 567 Å². The molecule has 0 amide bonds. The van der Waals surface area contributed by atoms with Crippen LogP contribution in [0.1, 0.15) is 201 Å². The van der Waals surface area contributed by atoms with Crippen LogP contribution in [0.5, 0.6) is 23.0 Å². The number of aliphatic hydroxyl groups is 1. The van der Waals surface area contributed by atoms with Gasteiger partial charge in [-0.15, -0.1) is 0 Å². The van der Waals surface area contributed by atoms with Gasteiger partial charge in [-0.3, -0.25) is 0 Å². The molecule has 0 fully saturated rings. The molecule has 95 heavy (non-hydrogen) atoms. The van der Waals surface area contributed by atoms with Gasteiger partial charge in [-0.25, -0.2) is 29.9 Å². The molecule has 14 nitrogen and oxygen atoms in total. The summed E-state index contributed by atoms with van der Waals surface area (Å²) in [6.07, 6.45) is 29.6. The second-order valence-electron chi connectivity index (χ2n) is 26.7. The number of phenols is 2. The number of benzene rings is 5. The largest absolute Gasteiger partial charge is 0.507 e. The van der Waals surface area contributed by atoms with Gasteiger partial charge in [0.1, 0.15) is 48.4 Å². The Kier molecular flexibility index (Phi) is 30.2. The number of ether oxygens (including phenoxy) is 5. The van der Waals surface area contributed by atoms with Crippen LogP contribution in [0.2, 0.25) is 0 Å². The average molecular weight is 1290 g/mol. The first-order valence-electron chi connectivity index (χ1n) is 35.6. The van der Waals surface area contributed by atoms with E-state index in [-0.39, 0.29) is 36.7 Å². The molecule has 7 aromatic rings. The summed E-state index contributed by atoms with van der Waals surface area (Å²) in [5, 5.41) is 33.6. The highest BCUT2D eigenvalue weighted by Gasteiger charge is 2.23. The SMILES string of the molecule is CCCCCCCCCCCCCOCC(COc1ccc(-c2nc(-c3ccc(C)cc3C)nc(-c3ccc(C)cc3C)n2)c(O)c1)OCCCCCCCCCCCCOCC(O)COc1ccc(-c2nc(C3=CC=C(C)CC3C)nc(-c3ccc(C)cc3C)n2)c(O)c1. The predicted molar refractivity (Wildman–Crippen MR) is 385 cm³/mol. The number of aromatic hydroxyl groups is 2. The van der Waals surface area contributed by atoms with Crippen molar-refractivity contribution in [1.29, 1.82) is 0 Å². The van der Waals surface area contributed by atoms with Crippen LogP contribution in [-0.2, 0) is 14.2 Å². The van der Waals surface area contributed by atoms with Crippen LogP contribution in [0.15, 0.2) is 109 Å². The molecule has 0 bridgehead atoms. The second-order valence-corrected chi connectivity index (χ2v) is 26.7. The molecule has 0 saturated heterocycles. The highest BCUT2D eigenvalue weighted by Crippen LogP contribution is 2.38. The summed E-state index contributed by atoms with van der Waals surface area (Å²) >= 11 is 0. The Morgan fingerprint density at radius 1 is 0.400 bits per heavy atom. The molecule has 1 aliphatic carbocycles. The lowest BCUT2D eigenvalue weighted by Gasteiger charge is -2.20. The third kappa shape index (κ3) is 23.8. The Morgan fingerprint density at radius 3 is 1.18 bits per heavy atom. The van der Waals surface area contributed by atoms with E-state index in [1.165, 1.54) is 102 Å². The molecular formula is C81H108N6O8. The van der Waals surface area contributed by atoms with E-state index in [0.717, 1.165) is 101 Å². The van der Waals surface area contributed by atoms with Crippen LogP contribution in [0.3, 0.4) is 0 Å². The van der Waals surface area contributed by atoms with Crippen LogP contribution in [0.25, 0.3) is 62.5 Å². The fourth-order valence-electron chi connectivity index (χ4n) is 12.5. The van der Waals surface area contributed by atoms with Crippen molar-refractivity contribution < 1.29 is 39.0 Å². The Morgan fingerprint density at radius 2 is 0.768 bits per heavy atom. The summed E-state index contributed by atoms with van der Waals surface area (Å²) < 4.78 is 30.8. The number of aryl methyl sites for hydroxylation is 6. The number of hydrogen-bond acceptors (Lipinski definition) is 14. The summed E-state index contributed by atoms with van der Waals surface area (Å²) in [4.78, 5) is 29.6. The molecule has 3 atom stereocenters. The van der Waals surface area contributed by atoms with Gasteiger partial charge in [0.25, 0.3) is 0 Å². The highest BCUT2D eigenvalue weighted by atomic mass is 16.6. The summed E-state index contributed by atoms with van der Waals surface area (Å²) in [6, 6.07) is 29.1. The van der Waals surface area contributed by atoms with Crippen molar-refractivity contribution in [3.63, 3.8) is 0 Å². The normalized spacial score (nSPS) is 13.8. The molecule has 0 saturated carbocycles. The lowest BCUT2D eigenvalue weighted by atomic mass is 9.88. The number of rotatable bonds is 42. The molecule has 0 radical (unpaired) electrons. The molecule has 8 rings (SSSR count). The van der Waals surface area contributed by atoms with Crippen molar-refractivity contribution in [1.82, 2.24) is 29.9 Å². The first-order valence-corrected chi connectivity index (χ1v) is 35.6. The summed E-state index contributed by atoms with van der Waals surface area (Å²) in [7, 11) is 0. The van der Waals surface area contributed by atoms with Gasteiger partial charge in [0.05, 0.1) is 24.3 Å². The van der Waals surface area contributed by atoms with Crippen molar-refractivity contribution in [2.24, 2.45) is 5.92 Å². The minimum atomic E-state index is -0.813. The molecule has 3 N–H and O–H groups in total. The maximum atomic E-state index is 11.6. The third-order valence-corrected chi connectivity index (χ3v) is 17.9. The molecule has 1 aliphatic rings. The van der Waals surface area contributed by atoms with Gasteiger partial charge in [0, 0.05) is 54.2 Å². The monoisotopic (exact) mass is 1290 g/mol. The van der Waals surface area contributed by atoms with Crippen molar-refractivity contribution >= 4 is 5.57 Å². The molecule has 3 unspecified atom stereocenters. The summed E-state index contributed by atoms with van der Waals surface area (Å²) in [5.74, 6) is 4.22. The lowest BCUT2D eigenvalue weighted by molar-refractivity contribution is -0.0389. The number of nitrogens with zero attached hydrogens (tertiary/aromatic N) is 6. The van der Waals surface area contributed by atoms with E-state index in [4.69, 9.17) is 53.6 Å². The zero-order valence-corrected chi connectivity index (χ0v) is 58.6. The van der Waals surface area contributed by atoms with Crippen molar-refractivity contribution in [3.05, 3.63) is 148 Å². The second kappa shape index (κ2) is 39.0. The molecule has 14 heteroatoms. The van der Waals surface area contributed by atoms with Gasteiger partial charge in [-0.2, -0.15) is 0 Å². The highest BCUT2D eigenvalue weighted by molar-refractivity contribution is 5.74. The van der Waals surface area contributed by atoms with Crippen molar-refractivity contribution in [3.8, 4) is 79.9 Å². The fourth-order valence-corrected chi connectivity index (χ4v) is 12.5. The van der Waals surface area contributed by atoms with Crippen LogP contribution >= 0.6 is 0 Å². The van der Waals surface area contributed by atoms with Gasteiger partial charge in [-0.1, -0.05) is 218 Å². The predicted octanol–water partition coefficient (Wildman–Crippen LogP) is 19.5.